The molecule has 7 heteroatoms. The molecule has 7 nitrogen and oxygen atoms in total. The van der Waals surface area contributed by atoms with Gasteiger partial charge < -0.3 is 19.5 Å². The van der Waals surface area contributed by atoms with Gasteiger partial charge >= 0.3 is 0 Å². The van der Waals surface area contributed by atoms with Crippen LogP contribution in [0.5, 0.6) is 5.75 Å². The van der Waals surface area contributed by atoms with Gasteiger partial charge in [0.15, 0.2) is 5.96 Å². The fraction of sp³-hybridized carbons (Fsp3) is 0.591. The van der Waals surface area contributed by atoms with Crippen LogP contribution in [0.25, 0.3) is 0 Å². The number of benzene rings is 1. The van der Waals surface area contributed by atoms with Crippen LogP contribution in [0.2, 0.25) is 0 Å². The van der Waals surface area contributed by atoms with E-state index in [0.29, 0.717) is 6.61 Å². The molecule has 0 unspecified atom stereocenters. The van der Waals surface area contributed by atoms with Crippen LogP contribution in [0.1, 0.15) is 42.9 Å². The summed E-state index contributed by atoms with van der Waals surface area (Å²) in [6, 6.07) is 8.10. The van der Waals surface area contributed by atoms with Crippen LogP contribution in [-0.4, -0.2) is 59.4 Å². The van der Waals surface area contributed by atoms with E-state index in [-0.39, 0.29) is 0 Å². The third-order valence-electron chi connectivity index (χ3n) is 5.40. The number of hydrogen-bond donors (Lipinski definition) is 1. The molecule has 1 aliphatic heterocycles. The first-order chi connectivity index (χ1) is 14.2. The Labute approximate surface area is 174 Å². The van der Waals surface area contributed by atoms with Crippen molar-refractivity contribution in [3.05, 3.63) is 41.5 Å². The Morgan fingerprint density at radius 2 is 2.10 bits per heavy atom. The van der Waals surface area contributed by atoms with E-state index in [1.165, 1.54) is 19.3 Å². The summed E-state index contributed by atoms with van der Waals surface area (Å²) in [5, 5.41) is 12.2. The first-order valence-electron chi connectivity index (χ1n) is 10.7. The van der Waals surface area contributed by atoms with Gasteiger partial charge in [0.25, 0.3) is 0 Å². The molecule has 0 atom stereocenters. The summed E-state index contributed by atoms with van der Waals surface area (Å²) < 4.78 is 8.23. The van der Waals surface area contributed by atoms with Gasteiger partial charge in [-0.3, -0.25) is 4.99 Å². The summed E-state index contributed by atoms with van der Waals surface area (Å²) in [5.41, 5.74) is 1.16. The molecule has 1 N–H and O–H groups in total. The minimum Gasteiger partial charge on any atom is -0.491 e. The first kappa shape index (κ1) is 21.1. The molecule has 0 spiro atoms. The zero-order valence-electron chi connectivity index (χ0n) is 18.0. The van der Waals surface area contributed by atoms with E-state index in [1.807, 2.05) is 32.3 Å². The summed E-state index contributed by atoms with van der Waals surface area (Å²) in [6.45, 7) is 5.38. The minimum atomic E-state index is 0.619. The van der Waals surface area contributed by atoms with Crippen molar-refractivity contribution in [3.8, 4) is 5.75 Å². The Kier molecular flexibility index (Phi) is 7.90. The van der Waals surface area contributed by atoms with Gasteiger partial charge in [-0.1, -0.05) is 24.6 Å². The van der Waals surface area contributed by atoms with Crippen molar-refractivity contribution in [1.82, 2.24) is 25.0 Å². The van der Waals surface area contributed by atoms with E-state index in [9.17, 15) is 0 Å². The predicted octanol–water partition coefficient (Wildman–Crippen LogP) is 2.83. The van der Waals surface area contributed by atoms with Gasteiger partial charge in [-0.2, -0.15) is 0 Å². The number of aliphatic imine (C=N–C) groups is 1. The summed E-state index contributed by atoms with van der Waals surface area (Å²) in [4.78, 5) is 6.49. The predicted molar refractivity (Wildman–Crippen MR) is 117 cm³/mol. The molecule has 0 radical (unpaired) electrons. The zero-order chi connectivity index (χ0) is 20.5. The van der Waals surface area contributed by atoms with E-state index in [4.69, 9.17) is 4.74 Å². The Bertz CT molecular complexity index is 800. The number of para-hydroxylation sites is 1. The molecule has 0 fully saturated rings. The maximum Gasteiger partial charge on any atom is 0.193 e. The molecule has 29 heavy (non-hydrogen) atoms. The maximum absolute atomic E-state index is 5.90. The molecule has 1 aromatic carbocycles. The fourth-order valence-electron chi connectivity index (χ4n) is 3.68. The number of aryl methyl sites for hydroxylation is 3. The minimum absolute atomic E-state index is 0.619. The van der Waals surface area contributed by atoms with E-state index >= 15 is 0 Å². The molecule has 2 heterocycles. The number of nitrogens with one attached hydrogen (secondary N) is 1. The molecule has 0 bridgehead atoms. The molecule has 3 rings (SSSR count). The third-order valence-corrected chi connectivity index (χ3v) is 5.40. The number of fused-ring (bicyclic) bond motifs is 1. The van der Waals surface area contributed by atoms with Gasteiger partial charge in [0.2, 0.25) is 0 Å². The van der Waals surface area contributed by atoms with Crippen molar-refractivity contribution in [1.29, 1.82) is 0 Å². The van der Waals surface area contributed by atoms with Gasteiger partial charge in [0.1, 0.15) is 24.0 Å². The highest BCUT2D eigenvalue weighted by atomic mass is 16.5. The number of rotatable bonds is 8. The highest BCUT2D eigenvalue weighted by Crippen LogP contribution is 2.16. The molecule has 2 aromatic rings. The highest BCUT2D eigenvalue weighted by molar-refractivity contribution is 5.79. The van der Waals surface area contributed by atoms with Crippen molar-refractivity contribution in [2.75, 3.05) is 33.8 Å². The Balaban J connectivity index is 1.39. The van der Waals surface area contributed by atoms with Crippen LogP contribution < -0.4 is 10.1 Å². The van der Waals surface area contributed by atoms with E-state index < -0.39 is 0 Å². The van der Waals surface area contributed by atoms with Gasteiger partial charge in [-0.15, -0.1) is 10.2 Å². The molecule has 0 saturated carbocycles. The molecule has 0 amide bonds. The molecule has 0 saturated heterocycles. The number of likely N-dealkylation sites (N-methyl/N-ethyl adjacent to an activating group) is 1. The van der Waals surface area contributed by atoms with Crippen LogP contribution in [-0.2, 0) is 19.4 Å². The fourth-order valence-corrected chi connectivity index (χ4v) is 3.68. The average Bonchev–Trinajstić information content (AvgIpc) is 2.95. The van der Waals surface area contributed by atoms with E-state index in [2.05, 4.69) is 43.0 Å². The summed E-state index contributed by atoms with van der Waals surface area (Å²) in [7, 11) is 3.86. The van der Waals surface area contributed by atoms with Gasteiger partial charge in [-0.05, 0) is 37.8 Å². The molecule has 1 aliphatic rings. The Morgan fingerprint density at radius 1 is 1.24 bits per heavy atom. The standard InChI is InChI=1S/C22H34N6O/c1-18-10-6-7-11-19(18)29-17-16-27(3)22(23-2)24-14-9-13-21-26-25-20-12-5-4-8-15-28(20)21/h6-7,10-11H,4-5,8-9,12-17H2,1-3H3,(H,23,24). The lowest BCUT2D eigenvalue weighted by atomic mass is 10.2. The van der Waals surface area contributed by atoms with Crippen molar-refractivity contribution in [3.63, 3.8) is 0 Å². The van der Waals surface area contributed by atoms with Crippen molar-refractivity contribution in [2.45, 2.75) is 52.0 Å². The first-order valence-corrected chi connectivity index (χ1v) is 10.7. The lowest BCUT2D eigenvalue weighted by molar-refractivity contribution is 0.280. The molecule has 0 aliphatic carbocycles. The van der Waals surface area contributed by atoms with Crippen LogP contribution in [0.3, 0.4) is 0 Å². The SMILES string of the molecule is CN=C(NCCCc1nnc2n1CCCCC2)N(C)CCOc1ccccc1C. The van der Waals surface area contributed by atoms with Crippen molar-refractivity contribution in [2.24, 2.45) is 4.99 Å². The van der Waals surface area contributed by atoms with Crippen molar-refractivity contribution < 1.29 is 4.74 Å². The van der Waals surface area contributed by atoms with Crippen LogP contribution in [0.4, 0.5) is 0 Å². The normalized spacial score (nSPS) is 14.2. The molecule has 158 valence electrons. The summed E-state index contributed by atoms with van der Waals surface area (Å²) in [5.74, 6) is 4.11. The summed E-state index contributed by atoms with van der Waals surface area (Å²) in [6.07, 6.45) is 6.77. The molecule has 1 aromatic heterocycles. The smallest absolute Gasteiger partial charge is 0.193 e. The zero-order valence-corrected chi connectivity index (χ0v) is 18.0. The second kappa shape index (κ2) is 10.8. The lowest BCUT2D eigenvalue weighted by Gasteiger charge is -2.22. The summed E-state index contributed by atoms with van der Waals surface area (Å²) >= 11 is 0. The number of guanidine groups is 1. The van der Waals surface area contributed by atoms with E-state index in [1.54, 1.807) is 0 Å². The van der Waals surface area contributed by atoms with Crippen LogP contribution in [0.15, 0.2) is 29.3 Å². The third kappa shape index (κ3) is 5.95. The van der Waals surface area contributed by atoms with Gasteiger partial charge in [0, 0.05) is 40.0 Å². The lowest BCUT2D eigenvalue weighted by Crippen LogP contribution is -2.41. The second-order valence-electron chi connectivity index (χ2n) is 7.61. The topological polar surface area (TPSA) is 67.6 Å². The monoisotopic (exact) mass is 398 g/mol. The molecular formula is C22H34N6O. The van der Waals surface area contributed by atoms with E-state index in [0.717, 1.165) is 67.8 Å². The largest absolute Gasteiger partial charge is 0.491 e. The number of aromatic nitrogens is 3. The quantitative estimate of drug-likeness (QED) is 0.421. The number of hydrogen-bond acceptors (Lipinski definition) is 4. The maximum atomic E-state index is 5.90. The molecular weight excluding hydrogens is 364 g/mol. The van der Waals surface area contributed by atoms with Gasteiger partial charge in [-0.25, -0.2) is 0 Å². The van der Waals surface area contributed by atoms with Crippen molar-refractivity contribution >= 4 is 5.96 Å². The van der Waals surface area contributed by atoms with Crippen LogP contribution >= 0.6 is 0 Å². The Morgan fingerprint density at radius 3 is 2.93 bits per heavy atom. The van der Waals surface area contributed by atoms with Crippen LogP contribution in [0, 0.1) is 6.92 Å². The average molecular weight is 399 g/mol. The van der Waals surface area contributed by atoms with Gasteiger partial charge in [0.05, 0.1) is 6.54 Å². The number of nitrogens with zero attached hydrogens (tertiary/aromatic N) is 5. The highest BCUT2D eigenvalue weighted by Gasteiger charge is 2.14. The number of ether oxygens (including phenoxy) is 1. The Hall–Kier alpha value is -2.57. The second-order valence-corrected chi connectivity index (χ2v) is 7.61.